The summed E-state index contributed by atoms with van der Waals surface area (Å²) in [6.07, 6.45) is 5.27. The topological polar surface area (TPSA) is 54.5 Å². The van der Waals surface area contributed by atoms with Crippen LogP contribution in [0.4, 0.5) is 4.39 Å². The standard InChI is InChI=1S/C25H26FN3O2/c26-22-8-6-19(7-9-22)17-29-13-10-23(11-14-29)28-25(30)21-4-1-5-24(15-21)31-18-20-3-2-12-27-16-20/h1-9,12,15-16,23H,10-11,13-14,17-18H2,(H,28,30). The van der Waals surface area contributed by atoms with Crippen molar-refractivity contribution in [2.75, 3.05) is 13.1 Å². The molecule has 31 heavy (non-hydrogen) atoms. The fourth-order valence-electron chi connectivity index (χ4n) is 3.73. The predicted molar refractivity (Wildman–Crippen MR) is 117 cm³/mol. The quantitative estimate of drug-likeness (QED) is 0.624. The molecule has 1 aromatic heterocycles. The van der Waals surface area contributed by atoms with Crippen molar-refractivity contribution in [3.8, 4) is 5.75 Å². The zero-order valence-electron chi connectivity index (χ0n) is 17.3. The van der Waals surface area contributed by atoms with E-state index < -0.39 is 0 Å². The number of hydrogen-bond donors (Lipinski definition) is 1. The summed E-state index contributed by atoms with van der Waals surface area (Å²) in [5.74, 6) is 0.367. The molecule has 0 unspecified atom stereocenters. The molecule has 1 fully saturated rings. The number of nitrogens with one attached hydrogen (secondary N) is 1. The van der Waals surface area contributed by atoms with Crippen LogP contribution >= 0.6 is 0 Å². The van der Waals surface area contributed by atoms with Crippen molar-refractivity contribution in [1.29, 1.82) is 0 Å². The minimum atomic E-state index is -0.211. The lowest BCUT2D eigenvalue weighted by atomic mass is 10.0. The third-order valence-electron chi connectivity index (χ3n) is 5.47. The molecule has 0 saturated carbocycles. The van der Waals surface area contributed by atoms with Crippen molar-refractivity contribution in [2.45, 2.75) is 32.0 Å². The lowest BCUT2D eigenvalue weighted by molar-refractivity contribution is 0.0908. The fourth-order valence-corrected chi connectivity index (χ4v) is 3.73. The maximum absolute atomic E-state index is 13.1. The van der Waals surface area contributed by atoms with Gasteiger partial charge >= 0.3 is 0 Å². The van der Waals surface area contributed by atoms with E-state index in [2.05, 4.69) is 15.2 Å². The molecule has 0 aliphatic carbocycles. The highest BCUT2D eigenvalue weighted by atomic mass is 19.1. The molecule has 1 saturated heterocycles. The Morgan fingerprint density at radius 3 is 2.61 bits per heavy atom. The SMILES string of the molecule is O=C(NC1CCN(Cc2ccc(F)cc2)CC1)c1cccc(OCc2cccnc2)c1. The minimum Gasteiger partial charge on any atom is -0.489 e. The van der Waals surface area contributed by atoms with E-state index in [-0.39, 0.29) is 17.8 Å². The van der Waals surface area contributed by atoms with Gasteiger partial charge in [-0.15, -0.1) is 0 Å². The summed E-state index contributed by atoms with van der Waals surface area (Å²) < 4.78 is 18.9. The number of carbonyl (C=O) groups is 1. The van der Waals surface area contributed by atoms with Crippen LogP contribution in [0.2, 0.25) is 0 Å². The summed E-state index contributed by atoms with van der Waals surface area (Å²) in [5, 5.41) is 3.15. The van der Waals surface area contributed by atoms with E-state index in [0.29, 0.717) is 17.9 Å². The van der Waals surface area contributed by atoms with Gasteiger partial charge in [0, 0.05) is 49.2 Å². The summed E-state index contributed by atoms with van der Waals surface area (Å²) >= 11 is 0. The average Bonchev–Trinajstić information content (AvgIpc) is 2.81. The van der Waals surface area contributed by atoms with Gasteiger partial charge in [0.2, 0.25) is 0 Å². The number of ether oxygens (including phenoxy) is 1. The van der Waals surface area contributed by atoms with E-state index >= 15 is 0 Å². The van der Waals surface area contributed by atoms with Crippen LogP contribution in [-0.2, 0) is 13.2 Å². The van der Waals surface area contributed by atoms with E-state index in [1.165, 1.54) is 12.1 Å². The van der Waals surface area contributed by atoms with Gasteiger partial charge in [0.15, 0.2) is 0 Å². The second-order valence-electron chi connectivity index (χ2n) is 7.83. The van der Waals surface area contributed by atoms with Crippen LogP contribution < -0.4 is 10.1 Å². The Bertz CT molecular complexity index is 987. The number of pyridine rings is 1. The van der Waals surface area contributed by atoms with Gasteiger partial charge < -0.3 is 10.1 Å². The van der Waals surface area contributed by atoms with Gasteiger partial charge in [-0.2, -0.15) is 0 Å². The highest BCUT2D eigenvalue weighted by Gasteiger charge is 2.21. The van der Waals surface area contributed by atoms with Crippen molar-refractivity contribution < 1.29 is 13.9 Å². The first-order valence-corrected chi connectivity index (χ1v) is 10.6. The molecule has 2 heterocycles. The van der Waals surface area contributed by atoms with E-state index in [9.17, 15) is 9.18 Å². The van der Waals surface area contributed by atoms with Crippen LogP contribution in [0.1, 0.15) is 34.3 Å². The Morgan fingerprint density at radius 1 is 1.06 bits per heavy atom. The molecule has 0 spiro atoms. The number of nitrogens with zero attached hydrogens (tertiary/aromatic N) is 2. The monoisotopic (exact) mass is 419 g/mol. The highest BCUT2D eigenvalue weighted by molar-refractivity contribution is 5.94. The van der Waals surface area contributed by atoms with Crippen LogP contribution in [0.3, 0.4) is 0 Å². The van der Waals surface area contributed by atoms with Crippen LogP contribution in [0.5, 0.6) is 5.75 Å². The Kier molecular flexibility index (Phi) is 6.89. The molecule has 4 rings (SSSR count). The molecule has 1 aliphatic rings. The van der Waals surface area contributed by atoms with E-state index in [1.54, 1.807) is 24.5 Å². The summed E-state index contributed by atoms with van der Waals surface area (Å²) in [6.45, 7) is 3.01. The minimum absolute atomic E-state index is 0.0798. The molecule has 0 bridgehead atoms. The molecule has 6 heteroatoms. The zero-order valence-corrected chi connectivity index (χ0v) is 17.3. The Hall–Kier alpha value is -3.25. The molecule has 1 amide bonds. The first-order chi connectivity index (χ1) is 15.2. The molecule has 160 valence electrons. The summed E-state index contributed by atoms with van der Waals surface area (Å²) in [7, 11) is 0. The number of halogens is 1. The first kappa shape index (κ1) is 21.0. The van der Waals surface area contributed by atoms with Crippen LogP contribution in [-0.4, -0.2) is 34.9 Å². The average molecular weight is 420 g/mol. The molecule has 0 radical (unpaired) electrons. The molecule has 1 N–H and O–H groups in total. The van der Waals surface area contributed by atoms with Gasteiger partial charge in [0.1, 0.15) is 18.2 Å². The third kappa shape index (κ3) is 6.12. The van der Waals surface area contributed by atoms with Gasteiger partial charge in [-0.1, -0.05) is 24.3 Å². The molecule has 3 aromatic rings. The second kappa shape index (κ2) is 10.2. The summed E-state index contributed by atoms with van der Waals surface area (Å²) in [5.41, 5.74) is 2.68. The van der Waals surface area contributed by atoms with Crippen molar-refractivity contribution in [3.05, 3.63) is 95.6 Å². The Morgan fingerprint density at radius 2 is 1.87 bits per heavy atom. The maximum atomic E-state index is 13.1. The number of amides is 1. The van der Waals surface area contributed by atoms with Crippen molar-refractivity contribution in [2.24, 2.45) is 0 Å². The number of benzene rings is 2. The molecule has 2 aromatic carbocycles. The number of rotatable bonds is 7. The van der Waals surface area contributed by atoms with Crippen LogP contribution in [0, 0.1) is 5.82 Å². The smallest absolute Gasteiger partial charge is 0.251 e. The maximum Gasteiger partial charge on any atom is 0.251 e. The van der Waals surface area contributed by atoms with Gasteiger partial charge in [-0.05, 0) is 54.8 Å². The molecule has 5 nitrogen and oxygen atoms in total. The lowest BCUT2D eigenvalue weighted by Gasteiger charge is -2.32. The van der Waals surface area contributed by atoms with Crippen molar-refractivity contribution >= 4 is 5.91 Å². The van der Waals surface area contributed by atoms with E-state index in [1.807, 2.05) is 36.4 Å². The number of likely N-dealkylation sites (tertiary alicyclic amines) is 1. The van der Waals surface area contributed by atoms with Gasteiger partial charge in [0.25, 0.3) is 5.91 Å². The summed E-state index contributed by atoms with van der Waals surface area (Å²) in [4.78, 5) is 19.1. The lowest BCUT2D eigenvalue weighted by Crippen LogP contribution is -2.44. The van der Waals surface area contributed by atoms with Crippen molar-refractivity contribution in [3.63, 3.8) is 0 Å². The van der Waals surface area contributed by atoms with Gasteiger partial charge in [-0.3, -0.25) is 14.7 Å². The Balaban J connectivity index is 1.25. The third-order valence-corrected chi connectivity index (χ3v) is 5.47. The number of aromatic nitrogens is 1. The predicted octanol–water partition coefficient (Wildman–Crippen LogP) is 4.19. The Labute approximate surface area is 181 Å². The first-order valence-electron chi connectivity index (χ1n) is 10.6. The summed E-state index contributed by atoms with van der Waals surface area (Å²) in [6, 6.07) is 17.9. The largest absolute Gasteiger partial charge is 0.489 e. The van der Waals surface area contributed by atoms with Crippen LogP contribution in [0.25, 0.3) is 0 Å². The van der Waals surface area contributed by atoms with Gasteiger partial charge in [-0.25, -0.2) is 4.39 Å². The highest BCUT2D eigenvalue weighted by Crippen LogP contribution is 2.18. The molecular formula is C25H26FN3O2. The van der Waals surface area contributed by atoms with Gasteiger partial charge in [0.05, 0.1) is 0 Å². The second-order valence-corrected chi connectivity index (χ2v) is 7.83. The van der Waals surface area contributed by atoms with Crippen LogP contribution in [0.15, 0.2) is 73.1 Å². The number of carbonyl (C=O) groups excluding carboxylic acids is 1. The molecule has 0 atom stereocenters. The fraction of sp³-hybridized carbons (Fsp3) is 0.280. The number of hydrogen-bond acceptors (Lipinski definition) is 4. The normalized spacial score (nSPS) is 14.9. The molecule has 1 aliphatic heterocycles. The van der Waals surface area contributed by atoms with E-state index in [0.717, 1.165) is 43.6 Å². The molecular weight excluding hydrogens is 393 g/mol. The zero-order chi connectivity index (χ0) is 21.5. The number of piperidine rings is 1. The van der Waals surface area contributed by atoms with E-state index in [4.69, 9.17) is 4.74 Å². The van der Waals surface area contributed by atoms with Crippen molar-refractivity contribution in [1.82, 2.24) is 15.2 Å².